The van der Waals surface area contributed by atoms with E-state index in [1.165, 1.54) is 6.92 Å². The van der Waals surface area contributed by atoms with Crippen molar-refractivity contribution in [3.63, 3.8) is 0 Å². The molecule has 4 fully saturated rings. The monoisotopic (exact) mass is 598 g/mol. The van der Waals surface area contributed by atoms with Crippen LogP contribution >= 0.6 is 0 Å². The quantitative estimate of drug-likeness (QED) is 0.393. The summed E-state index contributed by atoms with van der Waals surface area (Å²) >= 11 is 0. The maximum atomic E-state index is 15.3. The topological polar surface area (TPSA) is 127 Å². The van der Waals surface area contributed by atoms with Crippen LogP contribution in [0.5, 0.6) is 0 Å². The molecule has 0 radical (unpaired) electrons. The molecule has 2 spiro atoms. The molecule has 3 aliphatic carbocycles. The summed E-state index contributed by atoms with van der Waals surface area (Å²) in [4.78, 5) is 41.1. The molecule has 8 atom stereocenters. The van der Waals surface area contributed by atoms with Gasteiger partial charge in [-0.05, 0) is 51.7 Å². The van der Waals surface area contributed by atoms with Crippen molar-refractivity contribution in [1.82, 2.24) is 0 Å². The predicted molar refractivity (Wildman–Crippen MR) is 151 cm³/mol. The third kappa shape index (κ3) is 4.24. The second-order valence-corrected chi connectivity index (χ2v) is 14.0. The number of benzene rings is 1. The number of esters is 1. The molecule has 1 aromatic carbocycles. The molecule has 6 rings (SSSR count). The van der Waals surface area contributed by atoms with Crippen LogP contribution < -0.4 is 0 Å². The average Bonchev–Trinajstić information content (AvgIpc) is 3.44. The zero-order chi connectivity index (χ0) is 31.2. The fraction of sp³-hybridized carbons (Fsp3) is 0.667. The van der Waals surface area contributed by atoms with Gasteiger partial charge in [-0.25, -0.2) is 4.79 Å². The smallest absolute Gasteiger partial charge is 0.450 e. The number of hydrogen-bond donors (Lipinski definition) is 1. The summed E-state index contributed by atoms with van der Waals surface area (Å²) in [5, 5.41) is 12.0. The standard InChI is InChI=1S/C33H42O10/c1-18-13-14-33-27(41-28(37)42-33)25-31(7,26(36)24(40-19(2)34)23(18)29(33,3)4)22(38-16-20-11-9-8-10-12-20)15-21(35)32(25)17-39-30(5,6)43-32/h8-12,21-22,24-25,27,35H,13-17H2,1-7H3/t21-,22-,24+,25-,27-,31+,32-,33+/m0/s1. The summed E-state index contributed by atoms with van der Waals surface area (Å²) in [5.74, 6) is -3.09. The highest BCUT2D eigenvalue weighted by Crippen LogP contribution is 2.66. The van der Waals surface area contributed by atoms with Gasteiger partial charge in [0.1, 0.15) is 5.60 Å². The van der Waals surface area contributed by atoms with E-state index in [0.29, 0.717) is 18.4 Å². The van der Waals surface area contributed by atoms with Crippen molar-refractivity contribution in [2.24, 2.45) is 16.7 Å². The van der Waals surface area contributed by atoms with Crippen LogP contribution in [-0.2, 0) is 44.6 Å². The van der Waals surface area contributed by atoms with Crippen molar-refractivity contribution in [2.75, 3.05) is 6.61 Å². The molecule has 2 saturated heterocycles. The molecule has 0 unspecified atom stereocenters. The lowest BCUT2D eigenvalue weighted by Gasteiger charge is -2.62. The first-order valence-electron chi connectivity index (χ1n) is 15.1. The maximum Gasteiger partial charge on any atom is 0.509 e. The van der Waals surface area contributed by atoms with E-state index >= 15 is 4.79 Å². The summed E-state index contributed by atoms with van der Waals surface area (Å²) in [5.41, 5.74) is -2.80. The summed E-state index contributed by atoms with van der Waals surface area (Å²) < 4.78 is 37.5. The Hall–Kier alpha value is -2.79. The summed E-state index contributed by atoms with van der Waals surface area (Å²) in [6, 6.07) is 9.53. The molecular weight excluding hydrogens is 556 g/mol. The number of carbonyl (C=O) groups excluding carboxylic acids is 3. The van der Waals surface area contributed by atoms with Gasteiger partial charge >= 0.3 is 12.1 Å². The van der Waals surface area contributed by atoms with E-state index < -0.39 is 76.1 Å². The van der Waals surface area contributed by atoms with Crippen molar-refractivity contribution >= 4 is 17.9 Å². The van der Waals surface area contributed by atoms with Crippen LogP contribution in [0.3, 0.4) is 0 Å². The summed E-state index contributed by atoms with van der Waals surface area (Å²) in [7, 11) is 0. The molecule has 10 nitrogen and oxygen atoms in total. The van der Waals surface area contributed by atoms with Crippen molar-refractivity contribution < 1.29 is 47.9 Å². The number of fused-ring (bicyclic) bond motifs is 4. The zero-order valence-corrected chi connectivity index (χ0v) is 25.9. The highest BCUT2D eigenvalue weighted by molar-refractivity contribution is 5.95. The third-order valence-electron chi connectivity index (χ3n) is 10.8. The molecule has 0 aromatic heterocycles. The van der Waals surface area contributed by atoms with Crippen molar-refractivity contribution in [2.45, 2.75) is 116 Å². The average molecular weight is 599 g/mol. The lowest BCUT2D eigenvalue weighted by Crippen LogP contribution is -2.76. The molecule has 234 valence electrons. The van der Waals surface area contributed by atoms with Crippen molar-refractivity contribution in [3.8, 4) is 0 Å². The van der Waals surface area contributed by atoms with E-state index in [4.69, 9.17) is 28.4 Å². The fourth-order valence-electron chi connectivity index (χ4n) is 8.85. The first kappa shape index (κ1) is 30.2. The Morgan fingerprint density at radius 2 is 1.79 bits per heavy atom. The SMILES string of the molecule is CC(=O)O[C@H]1C(=O)[C@]2(C)[C@@H](OCc3ccccc3)C[C@H](O)[C@@]3(COC(C)(C)O3)[C@H]2[C@@H]2OC(=O)O[C@]23CCC(C)=C1C3(C)C. The van der Waals surface area contributed by atoms with E-state index in [9.17, 15) is 14.7 Å². The Labute approximate surface area is 252 Å². The van der Waals surface area contributed by atoms with Gasteiger partial charge in [0.15, 0.2) is 29.4 Å². The number of aliphatic hydroxyl groups is 1. The first-order chi connectivity index (χ1) is 20.1. The molecule has 1 N–H and O–H groups in total. The molecule has 2 bridgehead atoms. The van der Waals surface area contributed by atoms with Crippen LogP contribution in [0.4, 0.5) is 4.79 Å². The predicted octanol–water partition coefficient (Wildman–Crippen LogP) is 4.41. The van der Waals surface area contributed by atoms with Gasteiger partial charge in [0, 0.05) is 24.7 Å². The Bertz CT molecular complexity index is 1370. The Balaban J connectivity index is 1.61. The molecule has 1 aromatic rings. The minimum atomic E-state index is -1.48. The molecule has 2 aliphatic heterocycles. The molecular formula is C33H42O10. The Kier molecular flexibility index (Phi) is 6.93. The number of ketones is 1. The fourth-order valence-corrected chi connectivity index (χ4v) is 8.85. The van der Waals surface area contributed by atoms with Gasteiger partial charge in [0.05, 0.1) is 30.8 Å². The van der Waals surface area contributed by atoms with E-state index in [-0.39, 0.29) is 19.6 Å². The minimum absolute atomic E-state index is 0.0355. The second-order valence-electron chi connectivity index (χ2n) is 14.0. The van der Waals surface area contributed by atoms with Crippen molar-refractivity contribution in [3.05, 3.63) is 47.0 Å². The largest absolute Gasteiger partial charge is 0.509 e. The molecule has 43 heavy (non-hydrogen) atoms. The van der Waals surface area contributed by atoms with Gasteiger partial charge < -0.3 is 33.5 Å². The molecule has 5 aliphatic rings. The maximum absolute atomic E-state index is 15.3. The van der Waals surface area contributed by atoms with Gasteiger partial charge in [0.25, 0.3) is 0 Å². The van der Waals surface area contributed by atoms with Crippen LogP contribution in [0.2, 0.25) is 0 Å². The lowest BCUT2D eigenvalue weighted by molar-refractivity contribution is -0.280. The van der Waals surface area contributed by atoms with Gasteiger partial charge in [-0.1, -0.05) is 49.8 Å². The van der Waals surface area contributed by atoms with E-state index in [1.807, 2.05) is 51.1 Å². The number of rotatable bonds is 4. The molecule has 2 heterocycles. The highest BCUT2D eigenvalue weighted by atomic mass is 16.8. The van der Waals surface area contributed by atoms with Gasteiger partial charge in [0.2, 0.25) is 0 Å². The van der Waals surface area contributed by atoms with Crippen molar-refractivity contribution in [1.29, 1.82) is 0 Å². The number of Topliss-reactive ketones (excluding diaryl/α,β-unsaturated/α-hetero) is 1. The van der Waals surface area contributed by atoms with Crippen LogP contribution in [0.1, 0.15) is 73.3 Å². The van der Waals surface area contributed by atoms with Crippen LogP contribution in [-0.4, -0.2) is 71.0 Å². The molecule has 2 saturated carbocycles. The van der Waals surface area contributed by atoms with Gasteiger partial charge in [-0.3, -0.25) is 9.59 Å². The number of ether oxygens (including phenoxy) is 6. The van der Waals surface area contributed by atoms with Gasteiger partial charge in [-0.15, -0.1) is 0 Å². The highest BCUT2D eigenvalue weighted by Gasteiger charge is 2.79. The number of hydrogen-bond acceptors (Lipinski definition) is 10. The normalized spacial score (nSPS) is 41.1. The lowest BCUT2D eigenvalue weighted by atomic mass is 9.45. The minimum Gasteiger partial charge on any atom is -0.450 e. The molecule has 0 amide bonds. The van der Waals surface area contributed by atoms with Crippen LogP contribution in [0.25, 0.3) is 0 Å². The zero-order valence-electron chi connectivity index (χ0n) is 25.9. The van der Waals surface area contributed by atoms with Gasteiger partial charge in [-0.2, -0.15) is 0 Å². The van der Waals surface area contributed by atoms with E-state index in [1.54, 1.807) is 20.8 Å². The number of allylic oxidation sites excluding steroid dienone is 1. The second kappa shape index (κ2) is 9.86. The summed E-state index contributed by atoms with van der Waals surface area (Å²) in [6.45, 7) is 12.4. The molecule has 10 heteroatoms. The Morgan fingerprint density at radius 1 is 1.09 bits per heavy atom. The van der Waals surface area contributed by atoms with Crippen LogP contribution in [0, 0.1) is 16.7 Å². The first-order valence-corrected chi connectivity index (χ1v) is 15.1. The van der Waals surface area contributed by atoms with E-state index in [2.05, 4.69) is 0 Å². The summed E-state index contributed by atoms with van der Waals surface area (Å²) in [6.07, 6.45) is -4.22. The number of aliphatic hydroxyl groups excluding tert-OH is 1. The van der Waals surface area contributed by atoms with E-state index in [0.717, 1.165) is 11.1 Å². The third-order valence-corrected chi connectivity index (χ3v) is 10.8. The number of carbonyl (C=O) groups is 3. The Morgan fingerprint density at radius 3 is 2.42 bits per heavy atom. The van der Waals surface area contributed by atoms with Crippen LogP contribution in [0.15, 0.2) is 41.5 Å².